The van der Waals surface area contributed by atoms with Gasteiger partial charge in [0, 0.05) is 12.6 Å². The lowest BCUT2D eigenvalue weighted by Crippen LogP contribution is -2.27. The molecule has 6 nitrogen and oxygen atoms in total. The molecule has 144 valence electrons. The van der Waals surface area contributed by atoms with Gasteiger partial charge in [0.1, 0.15) is 5.75 Å². The molecule has 1 aromatic carbocycles. The number of nitrogens with zero attached hydrogens (tertiary/aromatic N) is 3. The van der Waals surface area contributed by atoms with Crippen LogP contribution in [0, 0.1) is 13.8 Å². The van der Waals surface area contributed by atoms with Crippen LogP contribution in [-0.2, 0) is 11.3 Å². The number of carbonyl (C=O) groups excluding carboxylic acids is 1. The van der Waals surface area contributed by atoms with E-state index in [0.29, 0.717) is 23.5 Å². The summed E-state index contributed by atoms with van der Waals surface area (Å²) in [5.41, 5.74) is 2.41. The summed E-state index contributed by atoms with van der Waals surface area (Å²) in [6.45, 7) is 10.5. The zero-order valence-electron chi connectivity index (χ0n) is 16.1. The van der Waals surface area contributed by atoms with Crippen molar-refractivity contribution in [2.75, 3.05) is 5.75 Å². The van der Waals surface area contributed by atoms with Crippen molar-refractivity contribution in [3.05, 3.63) is 47.8 Å². The van der Waals surface area contributed by atoms with E-state index in [1.54, 1.807) is 6.08 Å². The normalized spacial score (nSPS) is 14.6. The molecular weight excluding hydrogens is 360 g/mol. The van der Waals surface area contributed by atoms with Crippen LogP contribution in [0.2, 0.25) is 0 Å². The van der Waals surface area contributed by atoms with E-state index >= 15 is 0 Å². The van der Waals surface area contributed by atoms with E-state index in [0.717, 1.165) is 24.4 Å². The zero-order chi connectivity index (χ0) is 19.4. The van der Waals surface area contributed by atoms with Gasteiger partial charge in [0.2, 0.25) is 5.91 Å². The summed E-state index contributed by atoms with van der Waals surface area (Å²) < 4.78 is 8.03. The van der Waals surface area contributed by atoms with Gasteiger partial charge in [-0.25, -0.2) is 0 Å². The third-order valence-electron chi connectivity index (χ3n) is 4.49. The largest absolute Gasteiger partial charge is 0.483 e. The van der Waals surface area contributed by atoms with Crippen LogP contribution in [0.4, 0.5) is 0 Å². The molecular formula is C20H26N4O2S. The number of ether oxygens (including phenoxy) is 1. The van der Waals surface area contributed by atoms with E-state index in [-0.39, 0.29) is 12.0 Å². The minimum atomic E-state index is -0.269. The van der Waals surface area contributed by atoms with Gasteiger partial charge in [-0.3, -0.25) is 9.36 Å². The maximum Gasteiger partial charge on any atom is 0.230 e. The first kappa shape index (κ1) is 19.5. The van der Waals surface area contributed by atoms with Crippen molar-refractivity contribution in [2.45, 2.75) is 57.5 Å². The van der Waals surface area contributed by atoms with Gasteiger partial charge in [0.25, 0.3) is 0 Å². The smallest absolute Gasteiger partial charge is 0.230 e. The quantitative estimate of drug-likeness (QED) is 0.527. The third-order valence-corrected chi connectivity index (χ3v) is 5.45. The molecule has 1 aliphatic carbocycles. The number of rotatable bonds is 9. The predicted octanol–water partition coefficient (Wildman–Crippen LogP) is 3.59. The summed E-state index contributed by atoms with van der Waals surface area (Å²) >= 11 is 1.39. The molecule has 0 saturated heterocycles. The van der Waals surface area contributed by atoms with E-state index in [9.17, 15) is 4.79 Å². The number of benzene rings is 1. The predicted molar refractivity (Wildman–Crippen MR) is 107 cm³/mol. The van der Waals surface area contributed by atoms with Crippen LogP contribution in [0.3, 0.4) is 0 Å². The Morgan fingerprint density at radius 3 is 2.85 bits per heavy atom. The van der Waals surface area contributed by atoms with Crippen LogP contribution in [0.1, 0.15) is 42.8 Å². The number of nitrogens with one attached hydrogen (secondary N) is 1. The molecule has 1 aliphatic rings. The molecule has 27 heavy (non-hydrogen) atoms. The van der Waals surface area contributed by atoms with Gasteiger partial charge in [-0.15, -0.1) is 16.8 Å². The molecule has 1 atom stereocenters. The molecule has 1 heterocycles. The highest BCUT2D eigenvalue weighted by atomic mass is 32.2. The number of aromatic nitrogens is 3. The van der Waals surface area contributed by atoms with Crippen molar-refractivity contribution >= 4 is 17.7 Å². The maximum absolute atomic E-state index is 11.9. The molecule has 0 aliphatic heterocycles. The maximum atomic E-state index is 11.9. The second-order valence-electron chi connectivity index (χ2n) is 6.88. The molecule has 1 saturated carbocycles. The van der Waals surface area contributed by atoms with Gasteiger partial charge < -0.3 is 10.1 Å². The summed E-state index contributed by atoms with van der Waals surface area (Å²) in [5, 5.41) is 12.3. The average molecular weight is 387 g/mol. The Morgan fingerprint density at radius 2 is 2.19 bits per heavy atom. The van der Waals surface area contributed by atoms with Crippen LogP contribution in [0.25, 0.3) is 0 Å². The zero-order valence-corrected chi connectivity index (χ0v) is 16.9. The van der Waals surface area contributed by atoms with Crippen molar-refractivity contribution in [2.24, 2.45) is 0 Å². The minimum Gasteiger partial charge on any atom is -0.483 e. The number of amides is 1. The van der Waals surface area contributed by atoms with Crippen molar-refractivity contribution in [3.8, 4) is 5.75 Å². The fraction of sp³-hybridized carbons (Fsp3) is 0.450. The highest BCUT2D eigenvalue weighted by Crippen LogP contribution is 2.26. The van der Waals surface area contributed by atoms with Gasteiger partial charge in [-0.05, 0) is 56.9 Å². The standard InChI is InChI=1S/C20H26N4O2S/c1-5-10-24-19(15(4)26-17-9-6-13(2)14(3)11-17)22-23-20(24)27-12-18(25)21-16-7-8-16/h5-6,9,11,15-16H,1,7-8,10,12H2,2-4H3,(H,21,25). The highest BCUT2D eigenvalue weighted by Gasteiger charge is 2.24. The van der Waals surface area contributed by atoms with Gasteiger partial charge in [-0.1, -0.05) is 23.9 Å². The number of aryl methyl sites for hydroxylation is 2. The Kier molecular flexibility index (Phi) is 6.21. The van der Waals surface area contributed by atoms with Crippen LogP contribution in [-0.4, -0.2) is 32.5 Å². The number of thioether (sulfide) groups is 1. The van der Waals surface area contributed by atoms with Crippen LogP contribution < -0.4 is 10.1 Å². The van der Waals surface area contributed by atoms with Crippen LogP contribution in [0.5, 0.6) is 5.75 Å². The first-order chi connectivity index (χ1) is 13.0. The van der Waals surface area contributed by atoms with Crippen molar-refractivity contribution in [1.29, 1.82) is 0 Å². The lowest BCUT2D eigenvalue weighted by Gasteiger charge is -2.16. The van der Waals surface area contributed by atoms with Crippen LogP contribution in [0.15, 0.2) is 36.0 Å². The Hall–Kier alpha value is -2.28. The Bertz CT molecular complexity index is 829. The summed E-state index contributed by atoms with van der Waals surface area (Å²) in [6, 6.07) is 6.40. The van der Waals surface area contributed by atoms with Crippen molar-refractivity contribution in [1.82, 2.24) is 20.1 Å². The molecule has 0 spiro atoms. The molecule has 2 aromatic rings. The lowest BCUT2D eigenvalue weighted by atomic mass is 10.1. The van der Waals surface area contributed by atoms with Crippen molar-refractivity contribution < 1.29 is 9.53 Å². The topological polar surface area (TPSA) is 69.0 Å². The molecule has 7 heteroatoms. The molecule has 0 bridgehead atoms. The Labute approximate surface area is 164 Å². The van der Waals surface area contributed by atoms with E-state index in [4.69, 9.17) is 4.74 Å². The lowest BCUT2D eigenvalue weighted by molar-refractivity contribution is -0.118. The molecule has 1 amide bonds. The second kappa shape index (κ2) is 8.61. The second-order valence-corrected chi connectivity index (χ2v) is 7.82. The van der Waals surface area contributed by atoms with E-state index in [1.807, 2.05) is 29.7 Å². The Balaban J connectivity index is 1.69. The summed E-state index contributed by atoms with van der Waals surface area (Å²) in [5.74, 6) is 1.89. The third kappa shape index (κ3) is 5.13. The number of hydrogen-bond acceptors (Lipinski definition) is 5. The van der Waals surface area contributed by atoms with Gasteiger partial charge >= 0.3 is 0 Å². The van der Waals surface area contributed by atoms with Crippen molar-refractivity contribution in [3.63, 3.8) is 0 Å². The van der Waals surface area contributed by atoms with Gasteiger partial charge in [-0.2, -0.15) is 0 Å². The first-order valence-corrected chi connectivity index (χ1v) is 10.2. The van der Waals surface area contributed by atoms with Crippen LogP contribution >= 0.6 is 11.8 Å². The number of carbonyl (C=O) groups is 1. The number of allylic oxidation sites excluding steroid dienone is 1. The molecule has 1 N–H and O–H groups in total. The highest BCUT2D eigenvalue weighted by molar-refractivity contribution is 7.99. The summed E-state index contributed by atoms with van der Waals surface area (Å²) in [7, 11) is 0. The molecule has 3 rings (SSSR count). The average Bonchev–Trinajstić information content (AvgIpc) is 3.35. The fourth-order valence-electron chi connectivity index (χ4n) is 2.68. The molecule has 1 aromatic heterocycles. The first-order valence-electron chi connectivity index (χ1n) is 9.18. The monoisotopic (exact) mass is 386 g/mol. The van der Waals surface area contributed by atoms with Gasteiger partial charge in [0.15, 0.2) is 17.1 Å². The summed E-state index contributed by atoms with van der Waals surface area (Å²) in [6.07, 6.45) is 3.69. The Morgan fingerprint density at radius 1 is 1.41 bits per heavy atom. The minimum absolute atomic E-state index is 0.0385. The van der Waals surface area contributed by atoms with E-state index in [2.05, 4.69) is 35.9 Å². The molecule has 1 unspecified atom stereocenters. The fourth-order valence-corrected chi connectivity index (χ4v) is 3.45. The molecule has 0 radical (unpaired) electrons. The SMILES string of the molecule is C=CCn1c(SCC(=O)NC2CC2)nnc1C(C)Oc1ccc(C)c(C)c1. The summed E-state index contributed by atoms with van der Waals surface area (Å²) in [4.78, 5) is 11.9. The van der Waals surface area contributed by atoms with Gasteiger partial charge in [0.05, 0.1) is 5.75 Å². The molecule has 1 fully saturated rings. The van der Waals surface area contributed by atoms with E-state index < -0.39 is 0 Å². The number of hydrogen-bond donors (Lipinski definition) is 1. The van der Waals surface area contributed by atoms with E-state index in [1.165, 1.54) is 22.9 Å².